The van der Waals surface area contributed by atoms with Gasteiger partial charge in [0, 0.05) is 170 Å². The molecule has 5 aromatic carbocycles. The summed E-state index contributed by atoms with van der Waals surface area (Å²) >= 11 is 0. The van der Waals surface area contributed by atoms with Gasteiger partial charge < -0.3 is 56.1 Å². The summed E-state index contributed by atoms with van der Waals surface area (Å²) in [6.45, 7) is 16.4. The van der Waals surface area contributed by atoms with Crippen molar-refractivity contribution in [2.24, 2.45) is 0 Å². The first-order chi connectivity index (χ1) is 44.7. The summed E-state index contributed by atoms with van der Waals surface area (Å²) in [5.41, 5.74) is 17.5. The molecule has 0 saturated carbocycles. The van der Waals surface area contributed by atoms with Crippen LogP contribution in [0.3, 0.4) is 0 Å². The lowest BCUT2D eigenvalue weighted by Crippen LogP contribution is -2.40. The molecule has 2 fully saturated rings. The predicted molar refractivity (Wildman–Crippen MR) is 358 cm³/mol. The van der Waals surface area contributed by atoms with Crippen molar-refractivity contribution in [1.82, 2.24) is 44.7 Å². The fourth-order valence-corrected chi connectivity index (χ4v) is 12.7. The van der Waals surface area contributed by atoms with E-state index in [9.17, 15) is 22.4 Å². The van der Waals surface area contributed by atoms with Crippen molar-refractivity contribution in [1.29, 1.82) is 0 Å². The van der Waals surface area contributed by atoms with E-state index in [0.717, 1.165) is 173 Å². The van der Waals surface area contributed by atoms with E-state index in [0.29, 0.717) is 53.5 Å². The van der Waals surface area contributed by atoms with E-state index in [1.54, 1.807) is 44.9 Å². The second-order valence-corrected chi connectivity index (χ2v) is 23.8. The standard InChI is InChI=1S/C27H31N5O2.C25H27F3N6.C20H18FN3/c1-18-3-5-19(6-4-18)24(26-28-11-12-29-26)25-22-17-21(7-8-23(22)31-27(25)33)30-20-9-13-32(14-10-20)15-16-34-2;1-2-34-11-7-17(8-12-34)33-18-4-5-21-19(13-18)20(15-31-21)23(24-29-9-10-30-24)16-3-6-22(32-14-16)25(26,27)28;1-12-7-8-14(9-17(12)21)19(20-23-10-13(2)24-20)16-11-22-18-6-4-3-5-15(16)18/h3-8,11-12,17,20,30H,9-10,13-16H2,1-2H3,(H,28,29)(H,31,33);3-6,9-10,13-14,17,31,33H,2,7-8,11-12,15H2,1H3,(H,29,30);3-10,22H,11H2,1-2H3,(H,23,24). The van der Waals surface area contributed by atoms with Gasteiger partial charge in [-0.3, -0.25) is 9.78 Å². The van der Waals surface area contributed by atoms with Crippen molar-refractivity contribution in [2.75, 3.05) is 92.7 Å². The number of methoxy groups -OCH3 is 1. The Kier molecular flexibility index (Phi) is 18.9. The molecule has 0 bridgehead atoms. The molecule has 0 atom stereocenters. The predicted octanol–water partition coefficient (Wildman–Crippen LogP) is 13.8. The first-order valence-corrected chi connectivity index (χ1v) is 31.4. The number of likely N-dealkylation sites (tertiary alicyclic amines) is 2. The van der Waals surface area contributed by atoms with Crippen LogP contribution in [-0.4, -0.2) is 129 Å². The van der Waals surface area contributed by atoms with Crippen molar-refractivity contribution in [2.45, 2.75) is 71.6 Å². The van der Waals surface area contributed by atoms with E-state index in [1.807, 2.05) is 55.6 Å². The van der Waals surface area contributed by atoms with Crippen molar-refractivity contribution >= 4 is 67.8 Å². The Morgan fingerprint density at radius 2 is 1.23 bits per heavy atom. The van der Waals surface area contributed by atoms with Crippen LogP contribution in [0.4, 0.5) is 46.0 Å². The van der Waals surface area contributed by atoms with Gasteiger partial charge in [0.05, 0.1) is 17.9 Å². The molecule has 0 spiro atoms. The molecule has 0 radical (unpaired) electrons. The zero-order valence-corrected chi connectivity index (χ0v) is 52.3. The topological polar surface area (TPSA) is 192 Å². The minimum Gasteiger partial charge on any atom is -0.383 e. The van der Waals surface area contributed by atoms with Crippen LogP contribution in [-0.2, 0) is 15.7 Å². The molecule has 1 amide bonds. The van der Waals surface area contributed by atoms with E-state index in [1.165, 1.54) is 17.8 Å². The van der Waals surface area contributed by atoms with Gasteiger partial charge in [-0.2, -0.15) is 13.2 Å². The van der Waals surface area contributed by atoms with E-state index in [-0.39, 0.29) is 11.7 Å². The second-order valence-electron chi connectivity index (χ2n) is 23.8. The fraction of sp³-hybridized carbons (Fsp3) is 0.292. The number of H-pyrrole nitrogens is 3. The van der Waals surface area contributed by atoms with Crippen molar-refractivity contribution < 1.29 is 27.1 Å². The van der Waals surface area contributed by atoms with Crippen LogP contribution < -0.4 is 26.6 Å². The zero-order chi connectivity index (χ0) is 63.9. The molecule has 92 heavy (non-hydrogen) atoms. The number of hydrogen-bond donors (Lipinski definition) is 8. The zero-order valence-electron chi connectivity index (χ0n) is 52.3. The Bertz CT molecular complexity index is 4140. The summed E-state index contributed by atoms with van der Waals surface area (Å²) in [5, 5.41) is 17.2. The number of alkyl halides is 3. The molecular formula is C72H76F4N14O2. The maximum absolute atomic E-state index is 14.2. The summed E-state index contributed by atoms with van der Waals surface area (Å²) in [6.07, 6.45) is 9.87. The fourth-order valence-electron chi connectivity index (χ4n) is 12.7. The first kappa shape index (κ1) is 62.6. The highest BCUT2D eigenvalue weighted by atomic mass is 19.4. The number of amides is 1. The number of aromatic nitrogens is 7. The third-order valence-corrected chi connectivity index (χ3v) is 17.7. The van der Waals surface area contributed by atoms with E-state index >= 15 is 0 Å². The summed E-state index contributed by atoms with van der Waals surface area (Å²) < 4.78 is 58.6. The van der Waals surface area contributed by atoms with Gasteiger partial charge in [0.2, 0.25) is 0 Å². The molecule has 2 saturated heterocycles. The maximum atomic E-state index is 14.2. The summed E-state index contributed by atoms with van der Waals surface area (Å²) in [6, 6.07) is 37.5. The number of nitrogens with one attached hydrogen (secondary N) is 8. The molecule has 20 heteroatoms. The molecule has 9 heterocycles. The minimum atomic E-state index is -4.48. The maximum Gasteiger partial charge on any atom is 0.433 e. The number of pyridine rings is 1. The first-order valence-electron chi connectivity index (χ1n) is 31.4. The van der Waals surface area contributed by atoms with Crippen molar-refractivity contribution in [3.63, 3.8) is 0 Å². The second kappa shape index (κ2) is 27.9. The number of halogens is 4. The van der Waals surface area contributed by atoms with Gasteiger partial charge in [0.25, 0.3) is 5.91 Å². The third-order valence-electron chi connectivity index (χ3n) is 17.7. The Balaban J connectivity index is 0.000000135. The van der Waals surface area contributed by atoms with E-state index < -0.39 is 11.9 Å². The van der Waals surface area contributed by atoms with Crippen LogP contribution in [0.15, 0.2) is 152 Å². The number of para-hydroxylation sites is 1. The number of piperidine rings is 2. The molecule has 474 valence electrons. The highest BCUT2D eigenvalue weighted by Gasteiger charge is 2.34. The van der Waals surface area contributed by atoms with Crippen LogP contribution in [0, 0.1) is 26.6 Å². The van der Waals surface area contributed by atoms with Gasteiger partial charge in [0.15, 0.2) is 0 Å². The number of aromatic amines is 3. The largest absolute Gasteiger partial charge is 0.433 e. The molecule has 8 N–H and O–H groups in total. The highest BCUT2D eigenvalue weighted by molar-refractivity contribution is 6.38. The quantitative estimate of drug-likeness (QED) is 0.0380. The summed E-state index contributed by atoms with van der Waals surface area (Å²) in [7, 11) is 1.75. The number of aryl methyl sites for hydroxylation is 3. The Hall–Kier alpha value is -9.63. The smallest absolute Gasteiger partial charge is 0.383 e. The van der Waals surface area contributed by atoms with Crippen LogP contribution in [0.1, 0.15) is 106 Å². The average Bonchev–Trinajstić information content (AvgIpc) is 1.67. The number of fused-ring (bicyclic) bond motifs is 3. The Morgan fingerprint density at radius 3 is 1.83 bits per heavy atom. The number of imidazole rings is 3. The van der Waals surface area contributed by atoms with E-state index in [4.69, 9.17) is 4.74 Å². The molecular weight excluding hydrogens is 1170 g/mol. The van der Waals surface area contributed by atoms with Crippen LogP contribution >= 0.6 is 0 Å². The molecule has 9 aromatic rings. The molecule has 16 nitrogen and oxygen atoms in total. The van der Waals surface area contributed by atoms with Crippen molar-refractivity contribution in [3.05, 3.63) is 232 Å². The van der Waals surface area contributed by atoms with Crippen LogP contribution in [0.2, 0.25) is 0 Å². The molecule has 5 aliphatic heterocycles. The number of ether oxygens (including phenoxy) is 1. The Morgan fingerprint density at radius 1 is 0.630 bits per heavy atom. The normalized spacial score (nSPS) is 17.4. The summed E-state index contributed by atoms with van der Waals surface area (Å²) in [5.74, 6) is 1.74. The van der Waals surface area contributed by atoms with Crippen LogP contribution in [0.25, 0.3) is 33.4 Å². The Labute approximate surface area is 533 Å². The van der Waals surface area contributed by atoms with Gasteiger partial charge in [-0.15, -0.1) is 0 Å². The van der Waals surface area contributed by atoms with E-state index in [2.05, 4.69) is 140 Å². The average molecular weight is 1250 g/mol. The lowest BCUT2D eigenvalue weighted by Gasteiger charge is -2.32. The van der Waals surface area contributed by atoms with Gasteiger partial charge >= 0.3 is 6.18 Å². The lowest BCUT2D eigenvalue weighted by molar-refractivity contribution is -0.141. The van der Waals surface area contributed by atoms with Gasteiger partial charge in [-0.1, -0.05) is 73.2 Å². The number of nitrogens with zero attached hydrogens (tertiary/aromatic N) is 6. The van der Waals surface area contributed by atoms with Crippen molar-refractivity contribution in [3.8, 4) is 0 Å². The highest BCUT2D eigenvalue weighted by Crippen LogP contribution is 2.43. The molecule has 0 unspecified atom stereocenters. The number of carbonyl (C=O) groups is 1. The number of benzene rings is 5. The van der Waals surface area contributed by atoms with Gasteiger partial charge in [-0.05, 0) is 135 Å². The SMILES string of the molecule is CCN1CCC(Nc2ccc3c(c2)C(=C(c2ccc(C(F)(F)F)nc2)c2ncc[nH]2)CN3)CC1.COCCN1CCC(Nc2ccc3c(c2)C(=C(c2ccc(C)cc2)c2ncc[nH]2)C(=O)N3)CC1.Cc1c[nH]c(C(=C2CNc3ccccc32)c2ccc(C)c(F)c2)n1. The minimum absolute atomic E-state index is 0.106. The number of anilines is 5. The molecule has 0 aliphatic carbocycles. The molecule has 4 aromatic heterocycles. The number of rotatable bonds is 14. The number of hydrogen-bond acceptors (Lipinski definition) is 12. The molecule has 5 aliphatic rings. The van der Waals surface area contributed by atoms with Gasteiger partial charge in [0.1, 0.15) is 29.0 Å². The molecule has 14 rings (SSSR count). The monoisotopic (exact) mass is 1240 g/mol. The van der Waals surface area contributed by atoms with Crippen LogP contribution in [0.5, 0.6) is 0 Å². The number of carbonyl (C=O) groups excluding carboxylic acids is 1. The van der Waals surface area contributed by atoms with Gasteiger partial charge in [-0.25, -0.2) is 19.3 Å². The summed E-state index contributed by atoms with van der Waals surface area (Å²) in [4.78, 5) is 44.8. The lowest BCUT2D eigenvalue weighted by atomic mass is 9.94. The third kappa shape index (κ3) is 14.1.